The van der Waals surface area contributed by atoms with Crippen molar-refractivity contribution in [1.82, 2.24) is 5.32 Å². The topological polar surface area (TPSA) is 55.1 Å². The van der Waals surface area contributed by atoms with E-state index in [0.29, 0.717) is 5.56 Å². The number of primary amides is 1. The molecule has 3 nitrogen and oxygen atoms in total. The molecule has 1 aromatic rings. The molecule has 0 spiro atoms. The summed E-state index contributed by atoms with van der Waals surface area (Å²) in [6.45, 7) is 4.36. The van der Waals surface area contributed by atoms with E-state index in [4.69, 9.17) is 5.73 Å². The van der Waals surface area contributed by atoms with Crippen molar-refractivity contribution in [2.45, 2.75) is 19.8 Å². The second-order valence-corrected chi connectivity index (χ2v) is 3.64. The molecule has 0 atom stereocenters. The molecule has 3 heteroatoms. The number of rotatable bonds is 1. The van der Waals surface area contributed by atoms with E-state index in [1.165, 1.54) is 25.9 Å². The Labute approximate surface area is 90.7 Å². The molecule has 3 N–H and O–H groups in total. The minimum atomic E-state index is -0.363. The van der Waals surface area contributed by atoms with Crippen LogP contribution in [0.3, 0.4) is 0 Å². The molecule has 0 bridgehead atoms. The van der Waals surface area contributed by atoms with Crippen molar-refractivity contribution < 1.29 is 4.79 Å². The lowest BCUT2D eigenvalue weighted by molar-refractivity contribution is 0.0999. The van der Waals surface area contributed by atoms with E-state index in [0.717, 1.165) is 5.56 Å². The number of aryl methyl sites for hydroxylation is 1. The molecule has 2 rings (SSSR count). The third-order valence-corrected chi connectivity index (χ3v) is 2.37. The summed E-state index contributed by atoms with van der Waals surface area (Å²) in [5.74, 6) is -0.363. The van der Waals surface area contributed by atoms with Crippen LogP contribution in [0.2, 0.25) is 0 Å². The number of carbonyl (C=O) groups is 1. The summed E-state index contributed by atoms with van der Waals surface area (Å²) in [6.07, 6.45) is 2.78. The van der Waals surface area contributed by atoms with Gasteiger partial charge in [0.1, 0.15) is 0 Å². The zero-order chi connectivity index (χ0) is 11.1. The second-order valence-electron chi connectivity index (χ2n) is 3.64. The van der Waals surface area contributed by atoms with Crippen LogP contribution in [-0.4, -0.2) is 19.0 Å². The maximum absolute atomic E-state index is 10.6. The second kappa shape index (κ2) is 6.19. The van der Waals surface area contributed by atoms with Gasteiger partial charge >= 0.3 is 0 Å². The van der Waals surface area contributed by atoms with Gasteiger partial charge in [-0.1, -0.05) is 18.2 Å². The minimum Gasteiger partial charge on any atom is -0.366 e. The summed E-state index contributed by atoms with van der Waals surface area (Å²) in [5, 5.41) is 3.22. The first-order chi connectivity index (χ1) is 7.22. The van der Waals surface area contributed by atoms with Gasteiger partial charge in [-0.05, 0) is 44.5 Å². The normalized spacial score (nSPS) is 14.2. The number of amides is 1. The lowest BCUT2D eigenvalue weighted by atomic mass is 10.1. The van der Waals surface area contributed by atoms with Crippen LogP contribution in [0.5, 0.6) is 0 Å². The minimum absolute atomic E-state index is 0.363. The van der Waals surface area contributed by atoms with E-state index in [2.05, 4.69) is 5.32 Å². The smallest absolute Gasteiger partial charge is 0.248 e. The fourth-order valence-electron chi connectivity index (χ4n) is 1.47. The van der Waals surface area contributed by atoms with E-state index in [-0.39, 0.29) is 5.91 Å². The standard InChI is InChI=1S/C8H9NO.C4H9N/c1-6-4-2-3-5-7(6)8(9)10;1-2-4-5-3-1/h2-5H,1H3,(H2,9,10);5H,1-4H2. The average molecular weight is 206 g/mol. The maximum Gasteiger partial charge on any atom is 0.248 e. The molecular formula is C12H18N2O. The molecule has 0 unspecified atom stereocenters. The van der Waals surface area contributed by atoms with Gasteiger partial charge in [0.15, 0.2) is 0 Å². The van der Waals surface area contributed by atoms with Crippen molar-refractivity contribution in [1.29, 1.82) is 0 Å². The van der Waals surface area contributed by atoms with Crippen molar-refractivity contribution in [3.05, 3.63) is 35.4 Å². The maximum atomic E-state index is 10.6. The molecule has 0 saturated carbocycles. The predicted molar refractivity (Wildman–Crippen MR) is 61.8 cm³/mol. The SMILES string of the molecule is C1CCNC1.Cc1ccccc1C(N)=O. The summed E-state index contributed by atoms with van der Waals surface area (Å²) < 4.78 is 0. The van der Waals surface area contributed by atoms with E-state index >= 15 is 0 Å². The molecule has 15 heavy (non-hydrogen) atoms. The van der Waals surface area contributed by atoms with Gasteiger partial charge in [-0.15, -0.1) is 0 Å². The fraction of sp³-hybridized carbons (Fsp3) is 0.417. The van der Waals surface area contributed by atoms with Gasteiger partial charge in [-0.2, -0.15) is 0 Å². The number of benzene rings is 1. The Balaban J connectivity index is 0.000000187. The number of nitrogens with two attached hydrogens (primary N) is 1. The third-order valence-electron chi connectivity index (χ3n) is 2.37. The Morgan fingerprint density at radius 2 is 1.87 bits per heavy atom. The van der Waals surface area contributed by atoms with Gasteiger partial charge in [0, 0.05) is 5.56 Å². The molecule has 1 aliphatic rings. The Hall–Kier alpha value is -1.35. The molecule has 1 aromatic carbocycles. The molecule has 0 aliphatic carbocycles. The summed E-state index contributed by atoms with van der Waals surface area (Å²) in [6, 6.07) is 7.26. The monoisotopic (exact) mass is 206 g/mol. The van der Waals surface area contributed by atoms with Gasteiger partial charge in [0.25, 0.3) is 0 Å². The predicted octanol–water partition coefficient (Wildman–Crippen LogP) is 1.46. The molecule has 0 radical (unpaired) electrons. The van der Waals surface area contributed by atoms with Gasteiger partial charge in [-0.3, -0.25) is 4.79 Å². The lowest BCUT2D eigenvalue weighted by Crippen LogP contribution is -2.12. The van der Waals surface area contributed by atoms with E-state index in [1.807, 2.05) is 19.1 Å². The number of carbonyl (C=O) groups excluding carboxylic acids is 1. The van der Waals surface area contributed by atoms with Crippen LogP contribution in [0.4, 0.5) is 0 Å². The highest BCUT2D eigenvalue weighted by atomic mass is 16.1. The first-order valence-corrected chi connectivity index (χ1v) is 5.28. The van der Waals surface area contributed by atoms with Crippen LogP contribution in [0.1, 0.15) is 28.8 Å². The molecule has 0 aromatic heterocycles. The van der Waals surface area contributed by atoms with Gasteiger partial charge in [-0.25, -0.2) is 0 Å². The fourth-order valence-corrected chi connectivity index (χ4v) is 1.47. The van der Waals surface area contributed by atoms with Crippen molar-refractivity contribution in [3.8, 4) is 0 Å². The molecule has 1 amide bonds. The summed E-state index contributed by atoms with van der Waals surface area (Å²) in [5.41, 5.74) is 6.60. The van der Waals surface area contributed by atoms with Crippen molar-refractivity contribution in [2.75, 3.05) is 13.1 Å². The average Bonchev–Trinajstić information content (AvgIpc) is 2.75. The zero-order valence-corrected chi connectivity index (χ0v) is 9.12. The van der Waals surface area contributed by atoms with Crippen LogP contribution in [0.15, 0.2) is 24.3 Å². The molecule has 1 heterocycles. The number of hydrogen-bond donors (Lipinski definition) is 2. The highest BCUT2D eigenvalue weighted by Crippen LogP contribution is 2.04. The van der Waals surface area contributed by atoms with Crippen LogP contribution in [0, 0.1) is 6.92 Å². The van der Waals surface area contributed by atoms with Crippen LogP contribution >= 0.6 is 0 Å². The molecule has 1 aliphatic heterocycles. The van der Waals surface area contributed by atoms with Crippen molar-refractivity contribution >= 4 is 5.91 Å². The molecule has 82 valence electrons. The van der Waals surface area contributed by atoms with Crippen LogP contribution in [-0.2, 0) is 0 Å². The Bertz CT molecular complexity index is 312. The summed E-state index contributed by atoms with van der Waals surface area (Å²) >= 11 is 0. The van der Waals surface area contributed by atoms with Gasteiger partial charge in [0.2, 0.25) is 5.91 Å². The molecular weight excluding hydrogens is 188 g/mol. The lowest BCUT2D eigenvalue weighted by Gasteiger charge is -1.97. The zero-order valence-electron chi connectivity index (χ0n) is 9.12. The first-order valence-electron chi connectivity index (χ1n) is 5.28. The first kappa shape index (κ1) is 11.7. The van der Waals surface area contributed by atoms with Crippen molar-refractivity contribution in [3.63, 3.8) is 0 Å². The van der Waals surface area contributed by atoms with Crippen molar-refractivity contribution in [2.24, 2.45) is 5.73 Å². The Morgan fingerprint density at radius 1 is 1.27 bits per heavy atom. The van der Waals surface area contributed by atoms with E-state index < -0.39 is 0 Å². The van der Waals surface area contributed by atoms with Crippen LogP contribution < -0.4 is 11.1 Å². The third kappa shape index (κ3) is 4.13. The van der Waals surface area contributed by atoms with E-state index in [1.54, 1.807) is 12.1 Å². The van der Waals surface area contributed by atoms with Crippen LogP contribution in [0.25, 0.3) is 0 Å². The Kier molecular flexibility index (Phi) is 4.84. The number of nitrogens with one attached hydrogen (secondary N) is 1. The molecule has 1 saturated heterocycles. The highest BCUT2D eigenvalue weighted by molar-refractivity contribution is 5.94. The summed E-state index contributed by atoms with van der Waals surface area (Å²) in [4.78, 5) is 10.6. The van der Waals surface area contributed by atoms with Gasteiger partial charge < -0.3 is 11.1 Å². The van der Waals surface area contributed by atoms with Gasteiger partial charge in [0.05, 0.1) is 0 Å². The quantitative estimate of drug-likeness (QED) is 0.731. The highest BCUT2D eigenvalue weighted by Gasteiger charge is 2.00. The van der Waals surface area contributed by atoms with E-state index in [9.17, 15) is 4.79 Å². The molecule has 1 fully saturated rings. The number of hydrogen-bond acceptors (Lipinski definition) is 2. The Morgan fingerprint density at radius 3 is 2.20 bits per heavy atom. The summed E-state index contributed by atoms with van der Waals surface area (Å²) in [7, 11) is 0. The largest absolute Gasteiger partial charge is 0.366 e.